The summed E-state index contributed by atoms with van der Waals surface area (Å²) in [4.78, 5) is 30.0. The van der Waals surface area contributed by atoms with Gasteiger partial charge in [-0.15, -0.1) is 0 Å². The van der Waals surface area contributed by atoms with E-state index in [0.29, 0.717) is 0 Å². The zero-order valence-corrected chi connectivity index (χ0v) is 9.31. The van der Waals surface area contributed by atoms with E-state index in [2.05, 4.69) is 0 Å². The van der Waals surface area contributed by atoms with Crippen LogP contribution in [0.15, 0.2) is 0 Å². The molecular formula is C6H5GaO7. The normalized spacial score (nSPS) is 10.1. The molecule has 0 radical (unpaired) electrons. The van der Waals surface area contributed by atoms with Crippen LogP contribution in [-0.2, 0) is 14.4 Å². The molecule has 0 aliphatic carbocycles. The Morgan fingerprint density at radius 3 is 1.43 bits per heavy atom. The number of aliphatic carboxylic acids is 3. The Balaban J connectivity index is 0. The second-order valence-electron chi connectivity index (χ2n) is 2.42. The van der Waals surface area contributed by atoms with Gasteiger partial charge in [-0.05, 0) is 0 Å². The van der Waals surface area contributed by atoms with Gasteiger partial charge >= 0.3 is 19.8 Å². The van der Waals surface area contributed by atoms with Gasteiger partial charge in [0.1, 0.15) is 5.60 Å². The standard InChI is InChI=1S/C6H8O7.Ga/c7-3(8)1-6(13,5(11)12)2-4(9)10;/h13H,1-2H2,(H,7,8)(H,9,10)(H,11,12);/q;+3/p-3/i;1-3. The molecule has 0 atom stereocenters. The summed E-state index contributed by atoms with van der Waals surface area (Å²) in [5.41, 5.74) is -2.97. The molecule has 0 saturated carbocycles. The number of hydrogen-bond donors (Lipinski definition) is 1. The van der Waals surface area contributed by atoms with Crippen molar-refractivity contribution in [1.82, 2.24) is 0 Å². The molecular weight excluding hydrogens is 251 g/mol. The van der Waals surface area contributed by atoms with E-state index in [1.165, 1.54) is 0 Å². The maximum Gasteiger partial charge on any atom is 3.00 e. The quantitative estimate of drug-likeness (QED) is 0.483. The van der Waals surface area contributed by atoms with Crippen LogP contribution in [0.5, 0.6) is 0 Å². The smallest absolute Gasteiger partial charge is 0.550 e. The van der Waals surface area contributed by atoms with Crippen LogP contribution >= 0.6 is 0 Å². The van der Waals surface area contributed by atoms with Crippen molar-refractivity contribution in [2.75, 3.05) is 0 Å². The fourth-order valence-corrected chi connectivity index (χ4v) is 0.684. The van der Waals surface area contributed by atoms with Crippen molar-refractivity contribution in [1.29, 1.82) is 0 Å². The summed E-state index contributed by atoms with van der Waals surface area (Å²) in [6.07, 6.45) is -2.72. The fourth-order valence-electron chi connectivity index (χ4n) is 0.684. The number of rotatable bonds is 5. The molecule has 1 N–H and O–H groups in total. The van der Waals surface area contributed by atoms with E-state index in [1.807, 2.05) is 0 Å². The zero-order valence-electron chi connectivity index (χ0n) is 6.89. The van der Waals surface area contributed by atoms with Gasteiger partial charge in [-0.25, -0.2) is 0 Å². The minimum absolute atomic E-state index is 0. The first-order valence-corrected chi connectivity index (χ1v) is 3.11. The SMILES string of the molecule is O=C([O-])CC(O)(CC(=O)[O-])C(=O)[O-].[67Ga+3]. The van der Waals surface area contributed by atoms with Crippen LogP contribution in [0.4, 0.5) is 0 Å². The second-order valence-corrected chi connectivity index (χ2v) is 2.42. The maximum absolute atomic E-state index is 10.1. The average Bonchev–Trinajstić information content (AvgIpc) is 1.82. The van der Waals surface area contributed by atoms with Gasteiger partial charge in [0.05, 0.1) is 5.97 Å². The van der Waals surface area contributed by atoms with Gasteiger partial charge in [0.25, 0.3) is 0 Å². The van der Waals surface area contributed by atoms with Crippen LogP contribution in [0, 0.1) is 0 Å². The van der Waals surface area contributed by atoms with E-state index in [9.17, 15) is 29.7 Å². The third-order valence-corrected chi connectivity index (χ3v) is 1.25. The third kappa shape index (κ3) is 4.89. The van der Waals surface area contributed by atoms with Crippen LogP contribution in [-0.4, -0.2) is 48.4 Å². The van der Waals surface area contributed by atoms with E-state index in [0.717, 1.165) is 0 Å². The largest absolute Gasteiger partial charge is 3.00 e. The number of carboxylic acids is 3. The molecule has 14 heavy (non-hydrogen) atoms. The second kappa shape index (κ2) is 5.68. The first kappa shape index (κ1) is 15.5. The molecule has 0 heterocycles. The molecule has 8 heteroatoms. The molecule has 0 rings (SSSR count). The molecule has 0 aromatic rings. The molecule has 0 saturated heterocycles. The van der Waals surface area contributed by atoms with Crippen molar-refractivity contribution >= 4 is 37.7 Å². The molecule has 0 aliphatic heterocycles. The Morgan fingerprint density at radius 1 is 1.00 bits per heavy atom. The van der Waals surface area contributed by atoms with Crippen molar-refractivity contribution in [3.05, 3.63) is 0 Å². The summed E-state index contributed by atoms with van der Waals surface area (Å²) in [7, 11) is 0. The number of carbonyl (C=O) groups is 3. The first-order valence-electron chi connectivity index (χ1n) is 3.11. The molecule has 0 aliphatic rings. The molecule has 0 unspecified atom stereocenters. The summed E-state index contributed by atoms with van der Waals surface area (Å²) in [6.45, 7) is 0. The number of aliphatic hydroxyl groups is 1. The molecule has 0 amide bonds. The molecule has 74 valence electrons. The Kier molecular flexibility index (Phi) is 6.28. The number of carbonyl (C=O) groups excluding carboxylic acids is 3. The molecule has 0 spiro atoms. The number of hydrogen-bond acceptors (Lipinski definition) is 7. The fraction of sp³-hybridized carbons (Fsp3) is 0.500. The Hall–Kier alpha value is -0.994. The molecule has 0 bridgehead atoms. The van der Waals surface area contributed by atoms with Crippen LogP contribution in [0.25, 0.3) is 0 Å². The number of carboxylic acid groups (broad SMARTS) is 3. The predicted octanol–water partition coefficient (Wildman–Crippen LogP) is -5.63. The van der Waals surface area contributed by atoms with Gasteiger partial charge in [0, 0.05) is 24.8 Å². The van der Waals surface area contributed by atoms with Crippen molar-refractivity contribution in [3.8, 4) is 0 Å². The van der Waals surface area contributed by atoms with Gasteiger partial charge in [0.2, 0.25) is 0 Å². The average molecular weight is 256 g/mol. The monoisotopic (exact) mass is 256 g/mol. The topological polar surface area (TPSA) is 141 Å². The third-order valence-electron chi connectivity index (χ3n) is 1.25. The van der Waals surface area contributed by atoms with Crippen molar-refractivity contribution in [2.24, 2.45) is 0 Å². The van der Waals surface area contributed by atoms with Crippen molar-refractivity contribution < 1.29 is 34.8 Å². The molecule has 0 fully saturated rings. The van der Waals surface area contributed by atoms with Gasteiger partial charge < -0.3 is 34.8 Å². The zero-order chi connectivity index (χ0) is 10.6. The van der Waals surface area contributed by atoms with E-state index in [1.54, 1.807) is 0 Å². The summed E-state index contributed by atoms with van der Waals surface area (Å²) >= 11 is 0. The molecule has 0 aromatic heterocycles. The van der Waals surface area contributed by atoms with Crippen LogP contribution in [0.3, 0.4) is 0 Å². The van der Waals surface area contributed by atoms with Crippen LogP contribution < -0.4 is 15.3 Å². The Morgan fingerprint density at radius 2 is 1.29 bits per heavy atom. The van der Waals surface area contributed by atoms with Gasteiger partial charge in [-0.3, -0.25) is 0 Å². The van der Waals surface area contributed by atoms with E-state index >= 15 is 0 Å². The van der Waals surface area contributed by atoms with E-state index in [-0.39, 0.29) is 19.8 Å². The first-order chi connectivity index (χ1) is 5.78. The van der Waals surface area contributed by atoms with Crippen LogP contribution in [0.2, 0.25) is 0 Å². The van der Waals surface area contributed by atoms with Gasteiger partial charge in [0.15, 0.2) is 0 Å². The maximum atomic E-state index is 10.1. The summed E-state index contributed by atoms with van der Waals surface area (Å²) in [5.74, 6) is -5.98. The Labute approximate surface area is 91.4 Å². The van der Waals surface area contributed by atoms with Gasteiger partial charge in [-0.1, -0.05) is 0 Å². The van der Waals surface area contributed by atoms with E-state index < -0.39 is 36.4 Å². The minimum atomic E-state index is -2.97. The van der Waals surface area contributed by atoms with E-state index in [4.69, 9.17) is 5.11 Å². The van der Waals surface area contributed by atoms with Crippen molar-refractivity contribution in [3.63, 3.8) is 0 Å². The summed E-state index contributed by atoms with van der Waals surface area (Å²) in [6, 6.07) is 0. The molecule has 7 nitrogen and oxygen atoms in total. The molecule has 0 aromatic carbocycles. The van der Waals surface area contributed by atoms with Gasteiger partial charge in [-0.2, -0.15) is 0 Å². The minimum Gasteiger partial charge on any atom is -0.550 e. The predicted molar refractivity (Wildman–Crippen MR) is 35.0 cm³/mol. The Bertz CT molecular complexity index is 233. The van der Waals surface area contributed by atoms with Crippen LogP contribution in [0.1, 0.15) is 12.8 Å². The van der Waals surface area contributed by atoms with Crippen molar-refractivity contribution in [2.45, 2.75) is 18.4 Å². The summed E-state index contributed by atoms with van der Waals surface area (Å²) < 4.78 is 0. The summed E-state index contributed by atoms with van der Waals surface area (Å²) in [5, 5.41) is 38.9.